The second kappa shape index (κ2) is 11.5. The van der Waals surface area contributed by atoms with E-state index in [2.05, 4.69) is 10.3 Å². The molecular formula is C30H27Cl2N5O3. The Kier molecular flexibility index (Phi) is 7.91. The number of nitrogens with zero attached hydrogens (tertiary/aromatic N) is 4. The van der Waals surface area contributed by atoms with Crippen LogP contribution in [-0.4, -0.2) is 45.1 Å². The van der Waals surface area contributed by atoms with Crippen LogP contribution >= 0.6 is 23.2 Å². The van der Waals surface area contributed by atoms with E-state index in [1.807, 2.05) is 55.5 Å². The number of aromatic nitrogens is 3. The molecule has 2 aromatic heterocycles. The Morgan fingerprint density at radius 2 is 1.85 bits per heavy atom. The first-order chi connectivity index (χ1) is 19.2. The molecule has 0 saturated carbocycles. The molecule has 4 aromatic rings. The number of fused-ring (bicyclic) bond motifs is 1. The normalized spacial score (nSPS) is 14.5. The van der Waals surface area contributed by atoms with Gasteiger partial charge in [-0.15, -0.1) is 0 Å². The topological polar surface area (TPSA) is 89.3 Å². The minimum atomic E-state index is -0.382. The van der Waals surface area contributed by atoms with Crippen LogP contribution < -0.4 is 10.1 Å². The summed E-state index contributed by atoms with van der Waals surface area (Å²) in [6, 6.07) is 17.9. The number of carbonyl (C=O) groups excluding carboxylic acids is 2. The summed E-state index contributed by atoms with van der Waals surface area (Å²) in [6.07, 6.45) is 3.66. The van der Waals surface area contributed by atoms with Gasteiger partial charge in [-0.3, -0.25) is 14.6 Å². The van der Waals surface area contributed by atoms with Gasteiger partial charge in [0.1, 0.15) is 5.75 Å². The highest BCUT2D eigenvalue weighted by molar-refractivity contribution is 6.35. The molecule has 5 rings (SSSR count). The Labute approximate surface area is 242 Å². The van der Waals surface area contributed by atoms with Gasteiger partial charge in [-0.1, -0.05) is 41.4 Å². The van der Waals surface area contributed by atoms with Crippen molar-refractivity contribution >= 4 is 46.7 Å². The number of hydrogen-bond donors (Lipinski definition) is 1. The lowest BCUT2D eigenvalue weighted by Crippen LogP contribution is -2.35. The maximum absolute atomic E-state index is 13.7. The number of methoxy groups -OCH3 is 1. The van der Waals surface area contributed by atoms with E-state index < -0.39 is 0 Å². The fourth-order valence-electron chi connectivity index (χ4n) is 4.68. The van der Waals surface area contributed by atoms with E-state index in [0.717, 1.165) is 22.6 Å². The highest BCUT2D eigenvalue weighted by Crippen LogP contribution is 2.36. The van der Waals surface area contributed by atoms with Crippen LogP contribution in [0, 0.1) is 0 Å². The number of ether oxygens (including phenoxy) is 1. The Morgan fingerprint density at radius 1 is 1.07 bits per heavy atom. The van der Waals surface area contributed by atoms with Gasteiger partial charge in [0.15, 0.2) is 5.69 Å². The molecule has 1 N–H and O–H groups in total. The molecule has 1 unspecified atom stereocenters. The maximum Gasteiger partial charge on any atom is 0.272 e. The molecule has 204 valence electrons. The molecule has 0 radical (unpaired) electrons. The number of nitrogens with one attached hydrogen (secondary N) is 1. The minimum absolute atomic E-state index is 0.114. The molecule has 0 spiro atoms. The first-order valence-electron chi connectivity index (χ1n) is 12.6. The first kappa shape index (κ1) is 27.4. The molecule has 1 atom stereocenters. The van der Waals surface area contributed by atoms with Crippen molar-refractivity contribution in [2.24, 2.45) is 0 Å². The molecule has 1 aliphatic rings. The zero-order valence-corrected chi connectivity index (χ0v) is 23.7. The molecule has 0 aliphatic carbocycles. The SMILES string of the molecule is COc1ccc(/C=C2\CN(C(C)=O)Cc3c(C(=O)NC(C)c4ccccn4)nn(-c4ccc(Cl)cc4Cl)c32)cc1. The van der Waals surface area contributed by atoms with Gasteiger partial charge in [-0.2, -0.15) is 5.10 Å². The lowest BCUT2D eigenvalue weighted by Gasteiger charge is -2.29. The molecule has 3 heterocycles. The van der Waals surface area contributed by atoms with E-state index in [0.29, 0.717) is 33.5 Å². The van der Waals surface area contributed by atoms with Crippen LogP contribution in [-0.2, 0) is 11.3 Å². The lowest BCUT2D eigenvalue weighted by molar-refractivity contribution is -0.128. The van der Waals surface area contributed by atoms with Crippen molar-refractivity contribution in [3.8, 4) is 11.4 Å². The summed E-state index contributed by atoms with van der Waals surface area (Å²) in [6.45, 7) is 3.92. The van der Waals surface area contributed by atoms with Crippen LogP contribution in [0.15, 0.2) is 66.9 Å². The zero-order valence-electron chi connectivity index (χ0n) is 22.2. The van der Waals surface area contributed by atoms with E-state index >= 15 is 0 Å². The van der Waals surface area contributed by atoms with Gasteiger partial charge in [0.05, 0.1) is 41.8 Å². The van der Waals surface area contributed by atoms with E-state index in [1.54, 1.807) is 41.1 Å². The monoisotopic (exact) mass is 575 g/mol. The van der Waals surface area contributed by atoms with E-state index in [-0.39, 0.29) is 30.1 Å². The van der Waals surface area contributed by atoms with E-state index in [4.69, 9.17) is 33.0 Å². The standard InChI is InChI=1S/C30H27Cl2N5O3/c1-18(26-6-4-5-13-33-26)34-30(39)28-24-17-36(19(2)38)16-21(14-20-7-10-23(40-3)11-8-20)29(24)37(35-28)27-12-9-22(31)15-25(27)32/h4-15,18H,16-17H2,1-3H3,(H,34,39)/b21-14+. The smallest absolute Gasteiger partial charge is 0.272 e. The molecule has 0 fully saturated rings. The lowest BCUT2D eigenvalue weighted by atomic mass is 9.97. The Bertz CT molecular complexity index is 1600. The molecule has 0 bridgehead atoms. The van der Waals surface area contributed by atoms with Gasteiger partial charge in [0, 0.05) is 30.3 Å². The predicted molar refractivity (Wildman–Crippen MR) is 156 cm³/mol. The van der Waals surface area contributed by atoms with Crippen molar-refractivity contribution in [1.82, 2.24) is 25.0 Å². The molecule has 0 saturated heterocycles. The van der Waals surface area contributed by atoms with Gasteiger partial charge >= 0.3 is 0 Å². The number of rotatable bonds is 6. The van der Waals surface area contributed by atoms with Gasteiger partial charge in [-0.25, -0.2) is 4.68 Å². The summed E-state index contributed by atoms with van der Waals surface area (Å²) in [7, 11) is 1.61. The van der Waals surface area contributed by atoms with Crippen LogP contribution in [0.25, 0.3) is 17.3 Å². The summed E-state index contributed by atoms with van der Waals surface area (Å²) in [5.74, 6) is 0.236. The number of carbonyl (C=O) groups is 2. The fourth-order valence-corrected chi connectivity index (χ4v) is 5.16. The van der Waals surface area contributed by atoms with Crippen molar-refractivity contribution in [3.05, 3.63) is 105 Å². The summed E-state index contributed by atoms with van der Waals surface area (Å²) in [5, 5.41) is 8.63. The Balaban J connectivity index is 1.67. The van der Waals surface area contributed by atoms with Crippen LogP contribution in [0.1, 0.15) is 52.9 Å². The maximum atomic E-state index is 13.7. The van der Waals surface area contributed by atoms with Crippen LogP contribution in [0.3, 0.4) is 0 Å². The van der Waals surface area contributed by atoms with Crippen LogP contribution in [0.5, 0.6) is 5.75 Å². The third-order valence-corrected chi connectivity index (χ3v) is 7.27. The summed E-state index contributed by atoms with van der Waals surface area (Å²) in [5.41, 5.74) is 4.52. The van der Waals surface area contributed by atoms with Crippen molar-refractivity contribution in [1.29, 1.82) is 0 Å². The number of amides is 2. The van der Waals surface area contributed by atoms with Crippen molar-refractivity contribution < 1.29 is 14.3 Å². The Hall–Kier alpha value is -4.14. The van der Waals surface area contributed by atoms with E-state index in [9.17, 15) is 9.59 Å². The Morgan fingerprint density at radius 3 is 2.50 bits per heavy atom. The average Bonchev–Trinajstić information content (AvgIpc) is 3.33. The fraction of sp³-hybridized carbons (Fsp3) is 0.200. The van der Waals surface area contributed by atoms with Gasteiger partial charge in [0.25, 0.3) is 5.91 Å². The minimum Gasteiger partial charge on any atom is -0.497 e. The highest BCUT2D eigenvalue weighted by atomic mass is 35.5. The number of pyridine rings is 1. The molecule has 8 nitrogen and oxygen atoms in total. The summed E-state index contributed by atoms with van der Waals surface area (Å²) >= 11 is 12.8. The van der Waals surface area contributed by atoms with Gasteiger partial charge < -0.3 is 15.0 Å². The average molecular weight is 576 g/mol. The summed E-state index contributed by atoms with van der Waals surface area (Å²) < 4.78 is 6.96. The number of halogens is 2. The van der Waals surface area contributed by atoms with Crippen LogP contribution in [0.2, 0.25) is 10.0 Å². The molecule has 40 heavy (non-hydrogen) atoms. The number of benzene rings is 2. The second-order valence-electron chi connectivity index (χ2n) is 9.45. The first-order valence-corrected chi connectivity index (χ1v) is 13.4. The quantitative estimate of drug-likeness (QED) is 0.305. The molecule has 10 heteroatoms. The van der Waals surface area contributed by atoms with E-state index in [1.165, 1.54) is 6.92 Å². The van der Waals surface area contributed by atoms with Crippen molar-refractivity contribution in [3.63, 3.8) is 0 Å². The summed E-state index contributed by atoms with van der Waals surface area (Å²) in [4.78, 5) is 32.3. The van der Waals surface area contributed by atoms with Crippen LogP contribution in [0.4, 0.5) is 0 Å². The zero-order chi connectivity index (χ0) is 28.4. The van der Waals surface area contributed by atoms with Gasteiger partial charge in [0.2, 0.25) is 5.91 Å². The third kappa shape index (κ3) is 5.59. The second-order valence-corrected chi connectivity index (χ2v) is 10.3. The molecule has 1 aliphatic heterocycles. The third-order valence-electron chi connectivity index (χ3n) is 6.73. The largest absolute Gasteiger partial charge is 0.497 e. The number of hydrogen-bond acceptors (Lipinski definition) is 5. The molecule has 2 aromatic carbocycles. The van der Waals surface area contributed by atoms with Crippen molar-refractivity contribution in [2.75, 3.05) is 13.7 Å². The van der Waals surface area contributed by atoms with Gasteiger partial charge in [-0.05, 0) is 66.6 Å². The predicted octanol–water partition coefficient (Wildman–Crippen LogP) is 5.98. The highest BCUT2D eigenvalue weighted by Gasteiger charge is 2.33. The van der Waals surface area contributed by atoms with Crippen molar-refractivity contribution in [2.45, 2.75) is 26.4 Å². The molecule has 2 amide bonds. The molecular weight excluding hydrogens is 549 g/mol.